The highest BCUT2D eigenvalue weighted by Gasteiger charge is 2.07. The van der Waals surface area contributed by atoms with Crippen molar-refractivity contribution in [1.82, 2.24) is 4.98 Å². The van der Waals surface area contributed by atoms with Gasteiger partial charge in [0.2, 0.25) is 0 Å². The van der Waals surface area contributed by atoms with Crippen molar-refractivity contribution < 1.29 is 0 Å². The van der Waals surface area contributed by atoms with Gasteiger partial charge in [-0.25, -0.2) is 0 Å². The number of H-pyrrole nitrogens is 1. The van der Waals surface area contributed by atoms with E-state index in [0.29, 0.717) is 0 Å². The summed E-state index contributed by atoms with van der Waals surface area (Å²) in [5.41, 5.74) is -0.0465. The van der Waals surface area contributed by atoms with Crippen molar-refractivity contribution in [2.24, 2.45) is 0 Å². The summed E-state index contributed by atoms with van der Waals surface area (Å²) in [5, 5.41) is 5.07. The Morgan fingerprint density at radius 3 is 2.81 bits per heavy atom. The first-order chi connectivity index (χ1) is 10.1. The zero-order valence-corrected chi connectivity index (χ0v) is 13.0. The van der Waals surface area contributed by atoms with Crippen LogP contribution in [0, 0.1) is 6.92 Å². The molecule has 1 unspecified atom stereocenters. The summed E-state index contributed by atoms with van der Waals surface area (Å²) in [6, 6.07) is 14.2. The van der Waals surface area contributed by atoms with E-state index in [1.54, 1.807) is 0 Å². The lowest BCUT2D eigenvalue weighted by atomic mass is 10.1. The highest BCUT2D eigenvalue weighted by atomic mass is 32.1. The summed E-state index contributed by atoms with van der Waals surface area (Å²) in [5.74, 6) is 0.777. The minimum Gasteiger partial charge on any atom is -0.369 e. The molecular formula is C17H18N2OS. The van der Waals surface area contributed by atoms with Gasteiger partial charge in [-0.15, -0.1) is 11.3 Å². The molecule has 0 aliphatic heterocycles. The average molecular weight is 298 g/mol. The number of benzene rings is 1. The van der Waals surface area contributed by atoms with Crippen molar-refractivity contribution in [2.75, 3.05) is 5.32 Å². The van der Waals surface area contributed by atoms with Gasteiger partial charge in [0.05, 0.1) is 0 Å². The Bertz CT molecular complexity index is 819. The smallest absolute Gasteiger partial charge is 0.257 e. The second kappa shape index (κ2) is 5.74. The van der Waals surface area contributed by atoms with Crippen molar-refractivity contribution in [3.05, 3.63) is 62.6 Å². The monoisotopic (exact) mass is 298 g/mol. The number of aryl methyl sites for hydroxylation is 1. The summed E-state index contributed by atoms with van der Waals surface area (Å²) >= 11 is 1.82. The van der Waals surface area contributed by atoms with Crippen LogP contribution in [0.4, 0.5) is 5.82 Å². The molecule has 0 spiro atoms. The molecule has 0 aliphatic rings. The Kier molecular flexibility index (Phi) is 3.80. The molecule has 0 fully saturated rings. The number of thiophene rings is 1. The van der Waals surface area contributed by atoms with Gasteiger partial charge in [0.15, 0.2) is 0 Å². The molecule has 0 saturated heterocycles. The van der Waals surface area contributed by atoms with Gasteiger partial charge in [-0.3, -0.25) is 4.79 Å². The second-order valence-corrected chi connectivity index (χ2v) is 6.73. The van der Waals surface area contributed by atoms with Gasteiger partial charge >= 0.3 is 0 Å². The third kappa shape index (κ3) is 3.16. The maximum atomic E-state index is 12.0. The number of aromatic amines is 1. The van der Waals surface area contributed by atoms with Gasteiger partial charge < -0.3 is 10.3 Å². The van der Waals surface area contributed by atoms with Crippen LogP contribution in [0.2, 0.25) is 0 Å². The molecule has 3 aromatic rings. The van der Waals surface area contributed by atoms with E-state index >= 15 is 0 Å². The Hall–Kier alpha value is -2.07. The Morgan fingerprint density at radius 2 is 2.05 bits per heavy atom. The molecule has 0 bridgehead atoms. The van der Waals surface area contributed by atoms with Crippen molar-refractivity contribution >= 4 is 27.9 Å². The molecular weight excluding hydrogens is 280 g/mol. The summed E-state index contributed by atoms with van der Waals surface area (Å²) in [6.07, 6.45) is 0.952. The van der Waals surface area contributed by atoms with E-state index in [9.17, 15) is 4.79 Å². The topological polar surface area (TPSA) is 44.9 Å². The largest absolute Gasteiger partial charge is 0.369 e. The quantitative estimate of drug-likeness (QED) is 0.766. The molecule has 0 aliphatic carbocycles. The van der Waals surface area contributed by atoms with Crippen molar-refractivity contribution in [3.8, 4) is 0 Å². The van der Waals surface area contributed by atoms with Crippen LogP contribution in [0.25, 0.3) is 10.8 Å². The number of anilines is 1. The van der Waals surface area contributed by atoms with Crippen molar-refractivity contribution in [1.29, 1.82) is 0 Å². The first kappa shape index (κ1) is 13.9. The predicted octanol–water partition coefficient (Wildman–Crippen LogP) is 3.94. The molecule has 2 aromatic heterocycles. The average Bonchev–Trinajstić information content (AvgIpc) is 2.84. The second-order valence-electron chi connectivity index (χ2n) is 5.36. The summed E-state index contributed by atoms with van der Waals surface area (Å²) in [4.78, 5) is 17.6. The highest BCUT2D eigenvalue weighted by Crippen LogP contribution is 2.19. The van der Waals surface area contributed by atoms with E-state index in [4.69, 9.17) is 0 Å². The molecule has 1 aromatic carbocycles. The minimum atomic E-state index is -0.0465. The first-order valence-electron chi connectivity index (χ1n) is 7.06. The van der Waals surface area contributed by atoms with Gasteiger partial charge in [-0.2, -0.15) is 0 Å². The van der Waals surface area contributed by atoms with E-state index in [-0.39, 0.29) is 11.6 Å². The molecule has 3 nitrogen and oxygen atoms in total. The fourth-order valence-electron chi connectivity index (χ4n) is 2.50. The van der Waals surface area contributed by atoms with Crippen molar-refractivity contribution in [3.63, 3.8) is 0 Å². The van der Waals surface area contributed by atoms with E-state index in [0.717, 1.165) is 23.0 Å². The standard InChI is InChI=1S/C17H18N2OS/c1-11(9-14-8-7-12(2)21-14)18-16-10-13-5-3-4-6-15(13)17(20)19-16/h3-8,10-11H,9H2,1-2H3,(H2,18,19,20). The normalized spacial score (nSPS) is 12.5. The Balaban J connectivity index is 1.79. The lowest BCUT2D eigenvalue weighted by Gasteiger charge is -2.14. The fourth-order valence-corrected chi connectivity index (χ4v) is 3.52. The van der Waals surface area contributed by atoms with Gasteiger partial charge in [0.25, 0.3) is 5.56 Å². The number of fused-ring (bicyclic) bond motifs is 1. The van der Waals surface area contributed by atoms with Crippen LogP contribution in [0.15, 0.2) is 47.3 Å². The van der Waals surface area contributed by atoms with E-state index in [2.05, 4.69) is 36.3 Å². The molecule has 2 heterocycles. The van der Waals surface area contributed by atoms with Crippen LogP contribution < -0.4 is 10.9 Å². The number of rotatable bonds is 4. The number of hydrogen-bond donors (Lipinski definition) is 2. The third-order valence-electron chi connectivity index (χ3n) is 3.46. The molecule has 0 saturated carbocycles. The van der Waals surface area contributed by atoms with Gasteiger partial charge in [0.1, 0.15) is 5.82 Å². The molecule has 0 radical (unpaired) electrons. The lowest BCUT2D eigenvalue weighted by molar-refractivity contribution is 0.794. The van der Waals surface area contributed by atoms with Crippen molar-refractivity contribution in [2.45, 2.75) is 26.3 Å². The minimum absolute atomic E-state index is 0.0465. The molecule has 4 heteroatoms. The zero-order valence-electron chi connectivity index (χ0n) is 12.1. The Morgan fingerprint density at radius 1 is 1.24 bits per heavy atom. The van der Waals surface area contributed by atoms with Crippen LogP contribution in [0.3, 0.4) is 0 Å². The maximum Gasteiger partial charge on any atom is 0.257 e. The van der Waals surface area contributed by atoms with Gasteiger partial charge in [-0.05, 0) is 43.5 Å². The van der Waals surface area contributed by atoms with Gasteiger partial charge in [-0.1, -0.05) is 18.2 Å². The van der Waals surface area contributed by atoms with Crippen LogP contribution in [-0.2, 0) is 6.42 Å². The molecule has 0 amide bonds. The summed E-state index contributed by atoms with van der Waals surface area (Å²) < 4.78 is 0. The zero-order chi connectivity index (χ0) is 14.8. The van der Waals surface area contributed by atoms with Gasteiger partial charge in [0, 0.05) is 27.6 Å². The molecule has 21 heavy (non-hydrogen) atoms. The third-order valence-corrected chi connectivity index (χ3v) is 4.48. The predicted molar refractivity (Wildman–Crippen MR) is 90.4 cm³/mol. The van der Waals surface area contributed by atoms with E-state index in [1.165, 1.54) is 9.75 Å². The summed E-state index contributed by atoms with van der Waals surface area (Å²) in [7, 11) is 0. The SMILES string of the molecule is Cc1ccc(CC(C)Nc2cc3ccccc3c(=O)[nH]2)s1. The van der Waals surface area contributed by atoms with Crippen LogP contribution in [-0.4, -0.2) is 11.0 Å². The number of hydrogen-bond acceptors (Lipinski definition) is 3. The fraction of sp³-hybridized carbons (Fsp3) is 0.235. The Labute approximate surface area is 127 Å². The number of nitrogens with one attached hydrogen (secondary N) is 2. The first-order valence-corrected chi connectivity index (χ1v) is 7.87. The molecule has 108 valence electrons. The van der Waals surface area contributed by atoms with E-state index < -0.39 is 0 Å². The van der Waals surface area contributed by atoms with Crippen LogP contribution >= 0.6 is 11.3 Å². The number of aromatic nitrogens is 1. The lowest BCUT2D eigenvalue weighted by Crippen LogP contribution is -2.20. The molecule has 1 atom stereocenters. The number of pyridine rings is 1. The molecule has 2 N–H and O–H groups in total. The summed E-state index contributed by atoms with van der Waals surface area (Å²) in [6.45, 7) is 4.25. The molecule has 3 rings (SSSR count). The highest BCUT2D eigenvalue weighted by molar-refractivity contribution is 7.11. The van der Waals surface area contributed by atoms with Crippen LogP contribution in [0.5, 0.6) is 0 Å². The maximum absolute atomic E-state index is 12.0. The van der Waals surface area contributed by atoms with Crippen LogP contribution in [0.1, 0.15) is 16.7 Å². The van der Waals surface area contributed by atoms with E-state index in [1.807, 2.05) is 41.7 Å².